The number of aromatic amines is 1. The van der Waals surface area contributed by atoms with Crippen molar-refractivity contribution < 1.29 is 5.11 Å². The van der Waals surface area contributed by atoms with Gasteiger partial charge in [0.05, 0.1) is 84.0 Å². The van der Waals surface area contributed by atoms with Crippen molar-refractivity contribution in [3.8, 4) is 57.4 Å². The highest BCUT2D eigenvalue weighted by molar-refractivity contribution is 5.62. The molecule has 0 radical (unpaired) electrons. The largest absolute Gasteiger partial charge is 0.392 e. The molecule has 4 aromatic heterocycles. The van der Waals surface area contributed by atoms with Crippen LogP contribution >= 0.6 is 0 Å². The predicted octanol–water partition coefficient (Wildman–Crippen LogP) is 5.74. The summed E-state index contributed by atoms with van der Waals surface area (Å²) >= 11 is 0. The summed E-state index contributed by atoms with van der Waals surface area (Å²) in [5.41, 5.74) is 9.30. The van der Waals surface area contributed by atoms with Gasteiger partial charge < -0.3 is 24.7 Å². The fraction of sp³-hybridized carbons (Fsp3) is 0.222. The first-order valence-corrected chi connectivity index (χ1v) is 23.1. The second kappa shape index (κ2) is 23.5. The van der Waals surface area contributed by atoms with Crippen LogP contribution in [-0.4, -0.2) is 121 Å². The first-order valence-electron chi connectivity index (χ1n) is 23.1. The second-order valence-electron chi connectivity index (χ2n) is 17.1. The zero-order chi connectivity index (χ0) is 49.5. The van der Waals surface area contributed by atoms with E-state index in [0.717, 1.165) is 97.1 Å². The molecule has 6 heterocycles. The molecule has 0 spiro atoms. The maximum absolute atomic E-state index is 12.5. The van der Waals surface area contributed by atoms with Gasteiger partial charge in [-0.05, 0) is 73.8 Å². The lowest BCUT2D eigenvalue weighted by Crippen LogP contribution is -2.44. The molecule has 2 fully saturated rings. The van der Waals surface area contributed by atoms with Gasteiger partial charge in [-0.2, -0.15) is 20.7 Å². The summed E-state index contributed by atoms with van der Waals surface area (Å²) in [4.78, 5) is 50.7. The highest BCUT2D eigenvalue weighted by Gasteiger charge is 2.17. The van der Waals surface area contributed by atoms with Gasteiger partial charge in [-0.1, -0.05) is 60.7 Å². The zero-order valence-electron chi connectivity index (χ0n) is 39.5. The molecule has 0 atom stereocenters. The molecule has 2 saturated heterocycles. The fourth-order valence-corrected chi connectivity index (χ4v) is 7.90. The van der Waals surface area contributed by atoms with E-state index in [1.165, 1.54) is 16.8 Å². The zero-order valence-corrected chi connectivity index (χ0v) is 39.5. The van der Waals surface area contributed by atoms with E-state index in [2.05, 4.69) is 75.0 Å². The SMILES string of the molecule is CN1CCN(c2cnc(-c3cccc(CO)c3)nc2)CC1.CN1CCN(c2cnc(-c3cccc(Cn4nc(-c5cccc(C#N)c5)ccc4=O)c3)nc2)CC1.N#Cc1cccc(-c2ccc(=O)[nH]n2)c1. The maximum atomic E-state index is 12.5. The van der Waals surface area contributed by atoms with E-state index in [1.807, 2.05) is 97.6 Å². The molecule has 2 N–H and O–H groups in total. The third kappa shape index (κ3) is 13.1. The van der Waals surface area contributed by atoms with Crippen molar-refractivity contribution >= 4 is 11.4 Å². The lowest BCUT2D eigenvalue weighted by molar-refractivity contribution is 0.282. The molecule has 17 nitrogen and oxygen atoms in total. The van der Waals surface area contributed by atoms with Crippen LogP contribution in [0.5, 0.6) is 0 Å². The average molecular weight is 945 g/mol. The van der Waals surface area contributed by atoms with Gasteiger partial charge in [0.2, 0.25) is 0 Å². The van der Waals surface area contributed by atoms with Crippen molar-refractivity contribution in [3.63, 3.8) is 0 Å². The molecule has 0 aliphatic carbocycles. The molecule has 356 valence electrons. The van der Waals surface area contributed by atoms with Crippen LogP contribution in [0, 0.1) is 22.7 Å². The van der Waals surface area contributed by atoms with Crippen LogP contribution in [0.2, 0.25) is 0 Å². The molecule has 2 aliphatic rings. The van der Waals surface area contributed by atoms with Gasteiger partial charge in [0.15, 0.2) is 11.6 Å². The molecule has 0 unspecified atom stereocenters. The smallest absolute Gasteiger partial charge is 0.267 e. The molecular formula is C54H52N14O3. The topological polar surface area (TPSA) is 213 Å². The van der Waals surface area contributed by atoms with Crippen LogP contribution in [0.1, 0.15) is 22.3 Å². The highest BCUT2D eigenvalue weighted by atomic mass is 16.3. The summed E-state index contributed by atoms with van der Waals surface area (Å²) in [7, 11) is 4.28. The van der Waals surface area contributed by atoms with Crippen molar-refractivity contribution in [2.45, 2.75) is 13.2 Å². The average Bonchev–Trinajstić information content (AvgIpc) is 3.43. The first kappa shape index (κ1) is 48.7. The molecular weight excluding hydrogens is 893 g/mol. The van der Waals surface area contributed by atoms with Gasteiger partial charge in [-0.25, -0.2) is 29.7 Å². The number of rotatable bonds is 9. The van der Waals surface area contributed by atoms with Crippen molar-refractivity contribution in [1.29, 1.82) is 10.5 Å². The molecule has 8 aromatic rings. The van der Waals surface area contributed by atoms with E-state index in [1.54, 1.807) is 42.5 Å². The van der Waals surface area contributed by atoms with Crippen LogP contribution in [-0.2, 0) is 13.2 Å². The van der Waals surface area contributed by atoms with Gasteiger partial charge in [-0.15, -0.1) is 0 Å². The molecule has 10 rings (SSSR count). The third-order valence-corrected chi connectivity index (χ3v) is 12.0. The van der Waals surface area contributed by atoms with E-state index in [4.69, 9.17) is 5.26 Å². The summed E-state index contributed by atoms with van der Waals surface area (Å²) in [6, 6.07) is 40.2. The monoisotopic (exact) mass is 944 g/mol. The van der Waals surface area contributed by atoms with Crippen LogP contribution in [0.3, 0.4) is 0 Å². The summed E-state index contributed by atoms with van der Waals surface area (Å²) in [5.74, 6) is 1.34. The normalized spacial score (nSPS) is 13.7. The Morgan fingerprint density at radius 1 is 0.549 bits per heavy atom. The number of nitrogens with one attached hydrogen (secondary N) is 1. The minimum atomic E-state index is -0.241. The van der Waals surface area contributed by atoms with Gasteiger partial charge in [0, 0.05) is 86.7 Å². The van der Waals surface area contributed by atoms with Gasteiger partial charge in [-0.3, -0.25) is 9.59 Å². The van der Waals surface area contributed by atoms with Crippen LogP contribution < -0.4 is 20.9 Å². The highest BCUT2D eigenvalue weighted by Crippen LogP contribution is 2.23. The van der Waals surface area contributed by atoms with Crippen molar-refractivity contribution in [1.82, 2.24) is 49.7 Å². The summed E-state index contributed by atoms with van der Waals surface area (Å²) < 4.78 is 1.44. The molecule has 17 heteroatoms. The molecule has 0 amide bonds. The van der Waals surface area contributed by atoms with Crippen molar-refractivity contribution in [3.05, 3.63) is 189 Å². The third-order valence-electron chi connectivity index (χ3n) is 12.0. The standard InChI is InChI=1S/C27H25N7O.C16H20N4O.C11H7N3O/c1-32-10-12-33(13-11-32)24-17-29-27(30-18-24)23-7-3-5-21(15-23)19-34-26(35)9-8-25(31-34)22-6-2-4-20(14-22)16-28;1-19-5-7-20(8-6-19)15-10-17-16(18-11-15)14-4-2-3-13(9-14)12-21;12-7-8-2-1-3-9(6-8)10-4-5-11(15)14-13-10/h2-9,14-15,17-18H,10-13,19H2,1H3;2-4,9-11,21H,5-8,12H2,1H3;1-6H,(H,14,15). The summed E-state index contributed by atoms with van der Waals surface area (Å²) in [6.07, 6.45) is 7.54. The second-order valence-corrected chi connectivity index (χ2v) is 17.1. The van der Waals surface area contributed by atoms with E-state index in [0.29, 0.717) is 40.7 Å². The number of H-pyrrole nitrogens is 1. The number of anilines is 2. The van der Waals surface area contributed by atoms with Crippen LogP contribution in [0.25, 0.3) is 45.3 Å². The Morgan fingerprint density at radius 2 is 1.01 bits per heavy atom. The number of piperazine rings is 2. The van der Waals surface area contributed by atoms with E-state index >= 15 is 0 Å². The number of nitriles is 2. The summed E-state index contributed by atoms with van der Waals surface area (Å²) in [5, 5.41) is 37.9. The molecule has 2 aliphatic heterocycles. The number of aliphatic hydroxyl groups is 1. The molecule has 71 heavy (non-hydrogen) atoms. The number of hydrogen-bond donors (Lipinski definition) is 2. The van der Waals surface area contributed by atoms with Crippen molar-refractivity contribution in [2.75, 3.05) is 76.3 Å². The lowest BCUT2D eigenvalue weighted by atomic mass is 10.1. The fourth-order valence-electron chi connectivity index (χ4n) is 7.90. The van der Waals surface area contributed by atoms with Crippen molar-refractivity contribution in [2.24, 2.45) is 0 Å². The Labute approximate surface area is 411 Å². The summed E-state index contributed by atoms with van der Waals surface area (Å²) in [6.45, 7) is 8.51. The minimum Gasteiger partial charge on any atom is -0.392 e. The Morgan fingerprint density at radius 3 is 1.51 bits per heavy atom. The predicted molar refractivity (Wildman–Crippen MR) is 273 cm³/mol. The van der Waals surface area contributed by atoms with Gasteiger partial charge in [0.1, 0.15) is 0 Å². The Hall–Kier alpha value is -8.74. The number of benzene rings is 4. The Bertz CT molecular complexity index is 3240. The van der Waals surface area contributed by atoms with Gasteiger partial charge in [0.25, 0.3) is 11.1 Å². The van der Waals surface area contributed by atoms with Crippen LogP contribution in [0.4, 0.5) is 11.4 Å². The van der Waals surface area contributed by atoms with E-state index in [-0.39, 0.29) is 17.7 Å². The van der Waals surface area contributed by atoms with Gasteiger partial charge >= 0.3 is 0 Å². The minimum absolute atomic E-state index is 0.0349. The number of aliphatic hydroxyl groups excluding tert-OH is 1. The van der Waals surface area contributed by atoms with E-state index in [9.17, 15) is 20.0 Å². The molecule has 0 bridgehead atoms. The molecule has 0 saturated carbocycles. The number of likely N-dealkylation sites (N-methyl/N-ethyl adjacent to an activating group) is 2. The Kier molecular flexibility index (Phi) is 16.1. The first-order chi connectivity index (χ1) is 34.6. The number of hydrogen-bond acceptors (Lipinski definition) is 15. The lowest BCUT2D eigenvalue weighted by Gasteiger charge is -2.33. The quantitative estimate of drug-likeness (QED) is 0.177. The number of nitrogens with zero attached hydrogens (tertiary/aromatic N) is 13. The Balaban J connectivity index is 0.000000159. The van der Waals surface area contributed by atoms with E-state index < -0.39 is 0 Å². The maximum Gasteiger partial charge on any atom is 0.267 e. The van der Waals surface area contributed by atoms with Crippen LogP contribution in [0.15, 0.2) is 156 Å². The number of aromatic nitrogens is 8. The molecule has 4 aromatic carbocycles.